The number of hydrogen-bond acceptors (Lipinski definition) is 7. The Hall–Kier alpha value is -3.14. The van der Waals surface area contributed by atoms with Gasteiger partial charge in [-0.1, -0.05) is 0 Å². The van der Waals surface area contributed by atoms with Crippen molar-refractivity contribution in [3.8, 4) is 0 Å². The minimum Gasteiger partial charge on any atom is -0.481 e. The van der Waals surface area contributed by atoms with Gasteiger partial charge >= 0.3 is 5.97 Å². The van der Waals surface area contributed by atoms with Crippen molar-refractivity contribution in [3.63, 3.8) is 0 Å². The van der Waals surface area contributed by atoms with Gasteiger partial charge in [-0.15, -0.1) is 11.3 Å². The molecular formula is C20H20FN5O3S. The third-order valence-corrected chi connectivity index (χ3v) is 6.14. The molecule has 1 amide bonds. The van der Waals surface area contributed by atoms with Crippen LogP contribution in [0.5, 0.6) is 0 Å². The quantitative estimate of drug-likeness (QED) is 0.641. The number of carbonyl (C=O) groups excluding carboxylic acids is 1. The molecular weight excluding hydrogens is 409 g/mol. The fourth-order valence-corrected chi connectivity index (χ4v) is 4.43. The maximum atomic E-state index is 13.5. The van der Waals surface area contributed by atoms with E-state index in [9.17, 15) is 19.1 Å². The second kappa shape index (κ2) is 7.94. The predicted molar refractivity (Wildman–Crippen MR) is 110 cm³/mol. The van der Waals surface area contributed by atoms with Gasteiger partial charge in [-0.2, -0.15) is 0 Å². The van der Waals surface area contributed by atoms with Crippen LogP contribution in [-0.2, 0) is 4.79 Å². The highest BCUT2D eigenvalue weighted by Crippen LogP contribution is 2.30. The van der Waals surface area contributed by atoms with Gasteiger partial charge < -0.3 is 15.3 Å². The van der Waals surface area contributed by atoms with E-state index < -0.39 is 17.7 Å². The maximum Gasteiger partial charge on any atom is 0.308 e. The van der Waals surface area contributed by atoms with Crippen LogP contribution < -0.4 is 5.32 Å². The summed E-state index contributed by atoms with van der Waals surface area (Å²) in [4.78, 5) is 39.7. The molecule has 30 heavy (non-hydrogen) atoms. The molecule has 0 bridgehead atoms. The van der Waals surface area contributed by atoms with Crippen LogP contribution >= 0.6 is 11.3 Å². The second-order valence-corrected chi connectivity index (χ2v) is 8.60. The third kappa shape index (κ3) is 3.95. The van der Waals surface area contributed by atoms with E-state index in [1.807, 2.05) is 19.9 Å². The van der Waals surface area contributed by atoms with Crippen LogP contribution in [0.4, 0.5) is 10.3 Å². The number of nitrogens with one attached hydrogen (secondary N) is 1. The number of carboxylic acid groups (broad SMARTS) is 1. The molecule has 0 saturated carbocycles. The van der Waals surface area contributed by atoms with Gasteiger partial charge in [0.15, 0.2) is 5.69 Å². The minimum atomic E-state index is -0.898. The van der Waals surface area contributed by atoms with E-state index in [4.69, 9.17) is 0 Å². The number of pyridine rings is 1. The van der Waals surface area contributed by atoms with E-state index in [1.54, 1.807) is 6.20 Å². The maximum absolute atomic E-state index is 13.5. The number of amides is 1. The highest BCUT2D eigenvalue weighted by Gasteiger charge is 2.33. The average Bonchev–Trinajstić information content (AvgIpc) is 3.33. The Morgan fingerprint density at radius 3 is 2.83 bits per heavy atom. The highest BCUT2D eigenvalue weighted by atomic mass is 32.1. The fraction of sp³-hybridized carbons (Fsp3) is 0.350. The van der Waals surface area contributed by atoms with Gasteiger partial charge in [0.2, 0.25) is 5.95 Å². The Labute approximate surface area is 175 Å². The Bertz CT molecular complexity index is 1130. The van der Waals surface area contributed by atoms with Crippen molar-refractivity contribution in [3.05, 3.63) is 46.5 Å². The van der Waals surface area contributed by atoms with Gasteiger partial charge in [0.25, 0.3) is 5.91 Å². The van der Waals surface area contributed by atoms with Gasteiger partial charge in [-0.05, 0) is 38.0 Å². The van der Waals surface area contributed by atoms with E-state index >= 15 is 0 Å². The van der Waals surface area contributed by atoms with Gasteiger partial charge in [0.1, 0.15) is 5.82 Å². The smallest absolute Gasteiger partial charge is 0.308 e. The zero-order valence-corrected chi connectivity index (χ0v) is 17.2. The standard InChI is InChI=1S/C20H20FN5O3S/c1-10-5-15-17(30-10)16(18(27)26-4-3-12(9-26)19(28)29)25-20(24-15)23-11(2)13-6-14(21)8-22-7-13/h5-8,11-12H,3-4,9H2,1-2H3,(H,28,29)(H,23,24,25)/t11-,12+/m0/s1. The summed E-state index contributed by atoms with van der Waals surface area (Å²) in [7, 11) is 0. The summed E-state index contributed by atoms with van der Waals surface area (Å²) >= 11 is 1.42. The van der Waals surface area contributed by atoms with Gasteiger partial charge in [0.05, 0.1) is 28.4 Å². The summed E-state index contributed by atoms with van der Waals surface area (Å²) in [5.74, 6) is -1.96. The molecule has 4 heterocycles. The van der Waals surface area contributed by atoms with Crippen LogP contribution in [0.2, 0.25) is 0 Å². The molecule has 156 valence electrons. The summed E-state index contributed by atoms with van der Waals surface area (Å²) in [5.41, 5.74) is 1.50. The fourth-order valence-electron chi connectivity index (χ4n) is 3.50. The van der Waals surface area contributed by atoms with Crippen molar-refractivity contribution in [2.24, 2.45) is 5.92 Å². The monoisotopic (exact) mass is 429 g/mol. The lowest BCUT2D eigenvalue weighted by Crippen LogP contribution is -2.31. The number of likely N-dealkylation sites (tertiary alicyclic amines) is 1. The molecule has 1 aliphatic heterocycles. The predicted octanol–water partition coefficient (Wildman–Crippen LogP) is 3.25. The van der Waals surface area contributed by atoms with E-state index in [0.717, 1.165) is 11.1 Å². The van der Waals surface area contributed by atoms with Crippen molar-refractivity contribution in [1.82, 2.24) is 19.9 Å². The Morgan fingerprint density at radius 1 is 1.33 bits per heavy atom. The normalized spacial score (nSPS) is 17.3. The van der Waals surface area contributed by atoms with Crippen molar-refractivity contribution < 1.29 is 19.1 Å². The number of anilines is 1. The first-order valence-corrected chi connectivity index (χ1v) is 10.3. The summed E-state index contributed by atoms with van der Waals surface area (Å²) in [6.45, 7) is 4.28. The number of carboxylic acids is 1. The number of aryl methyl sites for hydroxylation is 1. The molecule has 0 aromatic carbocycles. The number of nitrogens with zero attached hydrogens (tertiary/aromatic N) is 4. The zero-order chi connectivity index (χ0) is 21.4. The lowest BCUT2D eigenvalue weighted by molar-refractivity contribution is -0.141. The van der Waals surface area contributed by atoms with Crippen molar-refractivity contribution in [2.75, 3.05) is 18.4 Å². The third-order valence-electron chi connectivity index (χ3n) is 5.09. The zero-order valence-electron chi connectivity index (χ0n) is 16.4. The summed E-state index contributed by atoms with van der Waals surface area (Å²) in [5, 5.41) is 12.3. The van der Waals surface area contributed by atoms with Crippen molar-refractivity contribution in [1.29, 1.82) is 0 Å². The number of aromatic nitrogens is 3. The SMILES string of the molecule is Cc1cc2nc(N[C@@H](C)c3cncc(F)c3)nc(C(=O)N3CC[C@@H](C(=O)O)C3)c2s1. The lowest BCUT2D eigenvalue weighted by atomic mass is 10.1. The van der Waals surface area contributed by atoms with Crippen LogP contribution in [0.15, 0.2) is 24.5 Å². The van der Waals surface area contributed by atoms with E-state index in [2.05, 4.69) is 20.3 Å². The van der Waals surface area contributed by atoms with Crippen molar-refractivity contribution >= 4 is 39.4 Å². The molecule has 1 aliphatic rings. The second-order valence-electron chi connectivity index (χ2n) is 7.34. The van der Waals surface area contributed by atoms with Gasteiger partial charge in [-0.3, -0.25) is 14.6 Å². The molecule has 10 heteroatoms. The molecule has 1 fully saturated rings. The van der Waals surface area contributed by atoms with E-state index in [1.165, 1.54) is 22.3 Å². The Balaban J connectivity index is 1.66. The summed E-state index contributed by atoms with van der Waals surface area (Å²) in [6.07, 6.45) is 3.11. The van der Waals surface area contributed by atoms with Crippen LogP contribution in [0.1, 0.15) is 40.3 Å². The minimum absolute atomic E-state index is 0.165. The van der Waals surface area contributed by atoms with Crippen LogP contribution in [0.3, 0.4) is 0 Å². The van der Waals surface area contributed by atoms with Gasteiger partial charge in [-0.25, -0.2) is 14.4 Å². The lowest BCUT2D eigenvalue weighted by Gasteiger charge is -2.18. The molecule has 0 radical (unpaired) electrons. The van der Waals surface area contributed by atoms with Crippen LogP contribution in [0.25, 0.3) is 10.2 Å². The van der Waals surface area contributed by atoms with E-state index in [0.29, 0.717) is 28.7 Å². The summed E-state index contributed by atoms with van der Waals surface area (Å²) < 4.78 is 14.2. The number of hydrogen-bond donors (Lipinski definition) is 2. The number of fused-ring (bicyclic) bond motifs is 1. The Morgan fingerprint density at radius 2 is 2.13 bits per heavy atom. The van der Waals surface area contributed by atoms with Gasteiger partial charge in [0, 0.05) is 24.2 Å². The first-order valence-electron chi connectivity index (χ1n) is 9.49. The molecule has 0 unspecified atom stereocenters. The first-order chi connectivity index (χ1) is 14.3. The Kier molecular flexibility index (Phi) is 5.33. The molecule has 3 aromatic rings. The summed E-state index contributed by atoms with van der Waals surface area (Å²) in [6, 6.07) is 2.92. The molecule has 0 spiro atoms. The number of thiophene rings is 1. The van der Waals surface area contributed by atoms with E-state index in [-0.39, 0.29) is 30.1 Å². The average molecular weight is 429 g/mol. The molecule has 2 atom stereocenters. The number of halogens is 1. The number of aliphatic carboxylic acids is 1. The first kappa shape index (κ1) is 20.1. The molecule has 0 aliphatic carbocycles. The number of carbonyl (C=O) groups is 2. The molecule has 8 nitrogen and oxygen atoms in total. The molecule has 3 aromatic heterocycles. The highest BCUT2D eigenvalue weighted by molar-refractivity contribution is 7.19. The molecule has 2 N–H and O–H groups in total. The molecule has 4 rings (SSSR count). The molecule has 1 saturated heterocycles. The number of rotatable bonds is 5. The van der Waals surface area contributed by atoms with Crippen LogP contribution in [0, 0.1) is 18.7 Å². The topological polar surface area (TPSA) is 108 Å². The van der Waals surface area contributed by atoms with Crippen molar-refractivity contribution in [2.45, 2.75) is 26.3 Å². The van der Waals surface area contributed by atoms with Crippen LogP contribution in [-0.4, -0.2) is 49.9 Å². The largest absolute Gasteiger partial charge is 0.481 e.